The van der Waals surface area contributed by atoms with Gasteiger partial charge in [-0.15, -0.1) is 0 Å². The molecule has 3 heteroatoms. The lowest BCUT2D eigenvalue weighted by Gasteiger charge is -2.32. The average Bonchev–Trinajstić information content (AvgIpc) is 2.52. The van der Waals surface area contributed by atoms with Crippen LogP contribution < -0.4 is 0 Å². The van der Waals surface area contributed by atoms with Crippen molar-refractivity contribution in [2.75, 3.05) is 6.54 Å². The predicted octanol–water partition coefficient (Wildman–Crippen LogP) is 5.04. The largest absolute Gasteiger partial charge is 0.334 e. The van der Waals surface area contributed by atoms with Gasteiger partial charge in [-0.1, -0.05) is 42.8 Å². The highest BCUT2D eigenvalue weighted by Gasteiger charge is 2.24. The summed E-state index contributed by atoms with van der Waals surface area (Å²) < 4.78 is 1.15. The molecular weight excluding hydrogens is 397 g/mol. The Kier molecular flexibility index (Phi) is 5.36. The van der Waals surface area contributed by atoms with Crippen LogP contribution in [0, 0.1) is 16.4 Å². The van der Waals surface area contributed by atoms with Crippen molar-refractivity contribution in [1.29, 1.82) is 0 Å². The van der Waals surface area contributed by atoms with Gasteiger partial charge in [0.1, 0.15) is 0 Å². The summed E-state index contributed by atoms with van der Waals surface area (Å²) in [5, 5.41) is 0. The molecule has 1 aliphatic rings. The van der Waals surface area contributed by atoms with E-state index in [1.165, 1.54) is 30.4 Å². The molecule has 0 radical (unpaired) electrons. The number of benzene rings is 2. The van der Waals surface area contributed by atoms with Crippen LogP contribution in [-0.4, -0.2) is 17.4 Å². The van der Waals surface area contributed by atoms with E-state index in [1.54, 1.807) is 0 Å². The van der Waals surface area contributed by atoms with E-state index in [0.29, 0.717) is 12.5 Å². The number of nitrogens with zero attached hydrogens (tertiary/aromatic N) is 1. The van der Waals surface area contributed by atoms with Gasteiger partial charge in [0.05, 0.1) is 0 Å². The van der Waals surface area contributed by atoms with E-state index in [0.717, 1.165) is 15.7 Å². The van der Waals surface area contributed by atoms with Gasteiger partial charge in [-0.05, 0) is 71.5 Å². The lowest BCUT2D eigenvalue weighted by Crippen LogP contribution is -2.37. The van der Waals surface area contributed by atoms with Gasteiger partial charge in [-0.3, -0.25) is 4.79 Å². The number of carbonyl (C=O) groups is 1. The third kappa shape index (κ3) is 4.14. The SMILES string of the molecule is Cc1ccc(C(=O)N(Cc2ccccc2)CC2CCC2)cc1I. The molecule has 0 spiro atoms. The normalized spacial score (nSPS) is 14.3. The summed E-state index contributed by atoms with van der Waals surface area (Å²) in [6, 6.07) is 16.3. The summed E-state index contributed by atoms with van der Waals surface area (Å²) in [6.45, 7) is 3.64. The molecule has 0 unspecified atom stereocenters. The minimum Gasteiger partial charge on any atom is -0.334 e. The van der Waals surface area contributed by atoms with E-state index in [9.17, 15) is 4.79 Å². The Hall–Kier alpha value is -1.36. The second-order valence-corrected chi connectivity index (χ2v) is 7.59. The zero-order valence-corrected chi connectivity index (χ0v) is 15.6. The highest BCUT2D eigenvalue weighted by Crippen LogP contribution is 2.28. The Morgan fingerprint density at radius 1 is 1.17 bits per heavy atom. The maximum absolute atomic E-state index is 13.0. The number of rotatable bonds is 5. The summed E-state index contributed by atoms with van der Waals surface area (Å²) in [5.41, 5.74) is 3.22. The number of aryl methyl sites for hydroxylation is 1. The van der Waals surface area contributed by atoms with Crippen molar-refractivity contribution in [3.63, 3.8) is 0 Å². The molecule has 0 saturated heterocycles. The molecule has 1 saturated carbocycles. The van der Waals surface area contributed by atoms with E-state index < -0.39 is 0 Å². The van der Waals surface area contributed by atoms with Crippen LogP contribution in [-0.2, 0) is 6.54 Å². The van der Waals surface area contributed by atoms with Crippen molar-refractivity contribution < 1.29 is 4.79 Å². The standard InChI is InChI=1S/C20H22INO/c1-15-10-11-18(12-19(15)21)20(23)22(14-17-8-5-9-17)13-16-6-3-2-4-7-16/h2-4,6-7,10-12,17H,5,8-9,13-14H2,1H3. The zero-order chi connectivity index (χ0) is 16.2. The molecule has 0 aromatic heterocycles. The lowest BCUT2D eigenvalue weighted by molar-refractivity contribution is 0.0679. The lowest BCUT2D eigenvalue weighted by atomic mass is 9.85. The van der Waals surface area contributed by atoms with E-state index in [1.807, 2.05) is 41.3 Å². The molecule has 3 rings (SSSR count). The van der Waals surface area contributed by atoms with Crippen LogP contribution in [0.25, 0.3) is 0 Å². The van der Waals surface area contributed by atoms with Crippen LogP contribution in [0.15, 0.2) is 48.5 Å². The molecule has 0 atom stereocenters. The van der Waals surface area contributed by atoms with E-state index in [2.05, 4.69) is 41.6 Å². The molecule has 2 aromatic rings. The fourth-order valence-corrected chi connectivity index (χ4v) is 3.43. The Labute approximate surface area is 152 Å². The van der Waals surface area contributed by atoms with Crippen molar-refractivity contribution in [2.45, 2.75) is 32.7 Å². The van der Waals surface area contributed by atoms with E-state index in [4.69, 9.17) is 0 Å². The third-order valence-corrected chi connectivity index (χ3v) is 5.79. The topological polar surface area (TPSA) is 20.3 Å². The monoisotopic (exact) mass is 419 g/mol. The molecule has 1 amide bonds. The van der Waals surface area contributed by atoms with Crippen molar-refractivity contribution in [3.05, 3.63) is 68.8 Å². The van der Waals surface area contributed by atoms with Crippen LogP contribution in [0.3, 0.4) is 0 Å². The first kappa shape index (κ1) is 16.5. The highest BCUT2D eigenvalue weighted by molar-refractivity contribution is 14.1. The number of carbonyl (C=O) groups excluding carboxylic acids is 1. The molecular formula is C20H22INO. The van der Waals surface area contributed by atoms with Crippen molar-refractivity contribution >= 4 is 28.5 Å². The summed E-state index contributed by atoms with van der Waals surface area (Å²) in [6.07, 6.45) is 3.81. The van der Waals surface area contributed by atoms with Crippen LogP contribution in [0.4, 0.5) is 0 Å². The average molecular weight is 419 g/mol. The Bertz CT molecular complexity index is 679. The highest BCUT2D eigenvalue weighted by atomic mass is 127. The molecule has 23 heavy (non-hydrogen) atoms. The molecule has 0 heterocycles. The number of hydrogen-bond donors (Lipinski definition) is 0. The summed E-state index contributed by atoms with van der Waals surface area (Å²) in [4.78, 5) is 15.0. The number of amides is 1. The molecule has 2 nitrogen and oxygen atoms in total. The molecule has 0 N–H and O–H groups in total. The van der Waals surface area contributed by atoms with Gasteiger partial charge in [-0.25, -0.2) is 0 Å². The third-order valence-electron chi connectivity index (χ3n) is 4.63. The smallest absolute Gasteiger partial charge is 0.254 e. The van der Waals surface area contributed by atoms with Crippen molar-refractivity contribution in [1.82, 2.24) is 4.90 Å². The maximum Gasteiger partial charge on any atom is 0.254 e. The fourth-order valence-electron chi connectivity index (χ4n) is 2.92. The first-order valence-corrected chi connectivity index (χ1v) is 9.30. The second-order valence-electron chi connectivity index (χ2n) is 6.43. The van der Waals surface area contributed by atoms with E-state index >= 15 is 0 Å². The second kappa shape index (κ2) is 7.47. The summed E-state index contributed by atoms with van der Waals surface area (Å²) in [5.74, 6) is 0.825. The van der Waals surface area contributed by atoms with Gasteiger partial charge in [-0.2, -0.15) is 0 Å². The quantitative estimate of drug-likeness (QED) is 0.622. The molecule has 0 aliphatic heterocycles. The number of halogens is 1. The van der Waals surface area contributed by atoms with Crippen molar-refractivity contribution in [3.8, 4) is 0 Å². The molecule has 120 valence electrons. The summed E-state index contributed by atoms with van der Waals surface area (Å²) in [7, 11) is 0. The minimum absolute atomic E-state index is 0.152. The maximum atomic E-state index is 13.0. The van der Waals surface area contributed by atoms with Crippen LogP contribution in [0.2, 0.25) is 0 Å². The van der Waals surface area contributed by atoms with Crippen LogP contribution in [0.1, 0.15) is 40.7 Å². The fraction of sp³-hybridized carbons (Fsp3) is 0.350. The Morgan fingerprint density at radius 3 is 2.52 bits per heavy atom. The van der Waals surface area contributed by atoms with Gasteiger partial charge < -0.3 is 4.90 Å². The van der Waals surface area contributed by atoms with Gasteiger partial charge in [0.15, 0.2) is 0 Å². The minimum atomic E-state index is 0.152. The Morgan fingerprint density at radius 2 is 1.91 bits per heavy atom. The van der Waals surface area contributed by atoms with Crippen LogP contribution >= 0.6 is 22.6 Å². The van der Waals surface area contributed by atoms with E-state index in [-0.39, 0.29) is 5.91 Å². The number of hydrogen-bond acceptors (Lipinski definition) is 1. The van der Waals surface area contributed by atoms with Gasteiger partial charge in [0.2, 0.25) is 0 Å². The van der Waals surface area contributed by atoms with Gasteiger partial charge >= 0.3 is 0 Å². The Balaban J connectivity index is 1.80. The molecule has 1 aliphatic carbocycles. The first-order chi connectivity index (χ1) is 11.1. The summed E-state index contributed by atoms with van der Waals surface area (Å²) >= 11 is 2.30. The first-order valence-electron chi connectivity index (χ1n) is 8.23. The molecule has 0 bridgehead atoms. The molecule has 1 fully saturated rings. The molecule has 2 aromatic carbocycles. The zero-order valence-electron chi connectivity index (χ0n) is 13.5. The van der Waals surface area contributed by atoms with Gasteiger partial charge in [0, 0.05) is 22.2 Å². The van der Waals surface area contributed by atoms with Crippen LogP contribution in [0.5, 0.6) is 0 Å². The van der Waals surface area contributed by atoms with Crippen molar-refractivity contribution in [2.24, 2.45) is 5.92 Å². The van der Waals surface area contributed by atoms with Gasteiger partial charge in [0.25, 0.3) is 5.91 Å². The predicted molar refractivity (Wildman–Crippen MR) is 102 cm³/mol.